The molecule has 1 heterocycles. The lowest BCUT2D eigenvalue weighted by atomic mass is 10.1. The summed E-state index contributed by atoms with van der Waals surface area (Å²) in [5.41, 5.74) is 0.539. The average molecular weight is 439 g/mol. The lowest BCUT2D eigenvalue weighted by molar-refractivity contribution is 0.0789. The van der Waals surface area contributed by atoms with Gasteiger partial charge in [0, 0.05) is 7.05 Å². The van der Waals surface area contributed by atoms with Gasteiger partial charge in [-0.15, -0.1) is 0 Å². The van der Waals surface area contributed by atoms with Gasteiger partial charge < -0.3 is 14.8 Å². The molecule has 0 saturated heterocycles. The Bertz CT molecular complexity index is 1180. The second-order valence-electron chi connectivity index (χ2n) is 7.01. The summed E-state index contributed by atoms with van der Waals surface area (Å²) in [6, 6.07) is 22.0. The van der Waals surface area contributed by atoms with Gasteiger partial charge in [-0.3, -0.25) is 9.10 Å². The minimum Gasteiger partial charge on any atom is -0.486 e. The van der Waals surface area contributed by atoms with Crippen LogP contribution in [0.3, 0.4) is 0 Å². The van der Waals surface area contributed by atoms with E-state index in [1.54, 1.807) is 42.5 Å². The highest BCUT2D eigenvalue weighted by molar-refractivity contribution is 7.92. The van der Waals surface area contributed by atoms with Gasteiger partial charge in [0.2, 0.25) is 0 Å². The highest BCUT2D eigenvalue weighted by Crippen LogP contribution is 2.31. The number of hydrogen-bond acceptors (Lipinski definition) is 5. The number of hydrogen-bond donors (Lipinski definition) is 1. The first-order valence-electron chi connectivity index (χ1n) is 9.76. The molecule has 31 heavy (non-hydrogen) atoms. The maximum absolute atomic E-state index is 13.0. The van der Waals surface area contributed by atoms with Crippen molar-refractivity contribution in [1.29, 1.82) is 0 Å². The number of amides is 1. The van der Waals surface area contributed by atoms with Crippen molar-refractivity contribution in [1.82, 2.24) is 5.32 Å². The number of ether oxygens (including phenoxy) is 2. The molecule has 1 aliphatic heterocycles. The van der Waals surface area contributed by atoms with Gasteiger partial charge in [0.1, 0.15) is 12.7 Å². The molecule has 8 heteroatoms. The Morgan fingerprint density at radius 2 is 1.61 bits per heavy atom. The number of anilines is 1. The zero-order chi connectivity index (χ0) is 21.8. The molecule has 0 spiro atoms. The van der Waals surface area contributed by atoms with Gasteiger partial charge in [-0.2, -0.15) is 0 Å². The van der Waals surface area contributed by atoms with Gasteiger partial charge in [-0.05, 0) is 36.4 Å². The van der Waals surface area contributed by atoms with Crippen molar-refractivity contribution < 1.29 is 22.7 Å². The highest BCUT2D eigenvalue weighted by Gasteiger charge is 2.26. The van der Waals surface area contributed by atoms with Crippen molar-refractivity contribution in [2.75, 3.05) is 24.5 Å². The van der Waals surface area contributed by atoms with Crippen LogP contribution in [-0.4, -0.2) is 40.6 Å². The summed E-state index contributed by atoms with van der Waals surface area (Å²) in [5.74, 6) is 0.901. The smallest absolute Gasteiger partial charge is 0.264 e. The summed E-state index contributed by atoms with van der Waals surface area (Å²) in [7, 11) is -2.37. The van der Waals surface area contributed by atoms with E-state index in [4.69, 9.17) is 9.47 Å². The highest BCUT2D eigenvalue weighted by atomic mass is 32.2. The largest absolute Gasteiger partial charge is 0.486 e. The lowest BCUT2D eigenvalue weighted by Gasteiger charge is -2.27. The number of fused-ring (bicyclic) bond motifs is 1. The van der Waals surface area contributed by atoms with Crippen molar-refractivity contribution in [3.63, 3.8) is 0 Å². The first kappa shape index (κ1) is 20.7. The first-order chi connectivity index (χ1) is 15.0. The zero-order valence-corrected chi connectivity index (χ0v) is 17.7. The third-order valence-corrected chi connectivity index (χ3v) is 6.73. The molecule has 160 valence electrons. The topological polar surface area (TPSA) is 84.9 Å². The fourth-order valence-electron chi connectivity index (χ4n) is 3.29. The van der Waals surface area contributed by atoms with E-state index in [0.29, 0.717) is 18.1 Å². The van der Waals surface area contributed by atoms with Gasteiger partial charge >= 0.3 is 0 Å². The maximum Gasteiger partial charge on any atom is 0.264 e. The van der Waals surface area contributed by atoms with Gasteiger partial charge in [0.15, 0.2) is 11.5 Å². The molecule has 0 aliphatic carbocycles. The van der Waals surface area contributed by atoms with Crippen LogP contribution in [0, 0.1) is 0 Å². The molecule has 0 radical (unpaired) electrons. The van der Waals surface area contributed by atoms with E-state index in [-0.39, 0.29) is 28.8 Å². The Labute approximate surface area is 181 Å². The van der Waals surface area contributed by atoms with Crippen molar-refractivity contribution in [2.24, 2.45) is 0 Å². The Balaban J connectivity index is 1.49. The maximum atomic E-state index is 13.0. The fraction of sp³-hybridized carbons (Fsp3) is 0.174. The summed E-state index contributed by atoms with van der Waals surface area (Å²) in [4.78, 5) is 13.0. The molecule has 1 N–H and O–H groups in total. The molecule has 0 fully saturated rings. The predicted molar refractivity (Wildman–Crippen MR) is 117 cm³/mol. The molecule has 0 saturated carbocycles. The van der Waals surface area contributed by atoms with Crippen LogP contribution in [-0.2, 0) is 10.0 Å². The molecule has 3 aromatic rings. The van der Waals surface area contributed by atoms with Crippen LogP contribution in [0.15, 0.2) is 83.8 Å². The average Bonchev–Trinajstić information content (AvgIpc) is 2.82. The quantitative estimate of drug-likeness (QED) is 0.639. The van der Waals surface area contributed by atoms with Gasteiger partial charge in [0.25, 0.3) is 15.9 Å². The van der Waals surface area contributed by atoms with Crippen LogP contribution < -0.4 is 19.1 Å². The Morgan fingerprint density at radius 3 is 2.39 bits per heavy atom. The summed E-state index contributed by atoms with van der Waals surface area (Å²) < 4.78 is 38.6. The van der Waals surface area contributed by atoms with Crippen molar-refractivity contribution in [2.45, 2.75) is 11.0 Å². The standard InChI is InChI=1S/C23H22N2O5S/c1-25(31(27,28)18-9-3-2-4-10-18)20-12-6-5-11-19(20)23(26)24-15-17-16-29-21-13-7-8-14-22(21)30-17/h2-14,17H,15-16H2,1H3,(H,24,26)/t17-/m0/s1. The molecule has 7 nitrogen and oxygen atoms in total. The van der Waals surface area contributed by atoms with Crippen molar-refractivity contribution in [3.8, 4) is 11.5 Å². The van der Waals surface area contributed by atoms with E-state index in [1.165, 1.54) is 19.2 Å². The number of sulfonamides is 1. The number of carbonyl (C=O) groups excluding carboxylic acids is 1. The number of carbonyl (C=O) groups is 1. The Hall–Kier alpha value is -3.52. The van der Waals surface area contributed by atoms with Gasteiger partial charge in [0.05, 0.1) is 22.7 Å². The third kappa shape index (κ3) is 4.34. The lowest BCUT2D eigenvalue weighted by Crippen LogP contribution is -2.41. The van der Waals surface area contributed by atoms with Crippen molar-refractivity contribution in [3.05, 3.63) is 84.4 Å². The van der Waals surface area contributed by atoms with Crippen LogP contribution in [0.2, 0.25) is 0 Å². The monoisotopic (exact) mass is 438 g/mol. The van der Waals surface area contributed by atoms with Crippen molar-refractivity contribution >= 4 is 21.6 Å². The van der Waals surface area contributed by atoms with Crippen LogP contribution in [0.1, 0.15) is 10.4 Å². The summed E-state index contributed by atoms with van der Waals surface area (Å²) in [5, 5.41) is 2.82. The number of nitrogens with zero attached hydrogens (tertiary/aromatic N) is 1. The minimum atomic E-state index is -3.81. The van der Waals surface area contributed by atoms with E-state index in [0.717, 1.165) is 4.31 Å². The molecule has 1 atom stereocenters. The molecule has 1 aliphatic rings. The number of benzene rings is 3. The molecular formula is C23H22N2O5S. The number of rotatable bonds is 6. The molecule has 3 aromatic carbocycles. The van der Waals surface area contributed by atoms with Crippen LogP contribution in [0.5, 0.6) is 11.5 Å². The summed E-state index contributed by atoms with van der Waals surface area (Å²) >= 11 is 0. The molecule has 0 unspecified atom stereocenters. The predicted octanol–water partition coefficient (Wildman–Crippen LogP) is 3.08. The summed E-state index contributed by atoms with van der Waals surface area (Å²) in [6.45, 7) is 0.526. The van der Waals surface area contributed by atoms with Gasteiger partial charge in [-0.25, -0.2) is 8.42 Å². The first-order valence-corrected chi connectivity index (χ1v) is 11.2. The van der Waals surface area contributed by atoms with Gasteiger partial charge in [-0.1, -0.05) is 42.5 Å². The number of para-hydroxylation sites is 3. The minimum absolute atomic E-state index is 0.152. The van der Waals surface area contributed by atoms with Crippen LogP contribution >= 0.6 is 0 Å². The van der Waals surface area contributed by atoms with E-state index >= 15 is 0 Å². The zero-order valence-electron chi connectivity index (χ0n) is 16.9. The Kier molecular flexibility index (Phi) is 5.81. The van der Waals surface area contributed by atoms with E-state index in [2.05, 4.69) is 5.32 Å². The second kappa shape index (κ2) is 8.69. The molecular weight excluding hydrogens is 416 g/mol. The van der Waals surface area contributed by atoms with Crippen LogP contribution in [0.25, 0.3) is 0 Å². The normalized spacial score (nSPS) is 15.2. The SMILES string of the molecule is CN(c1ccccc1C(=O)NC[C@H]1COc2ccccc2O1)S(=O)(=O)c1ccccc1. The van der Waals surface area contributed by atoms with E-state index in [9.17, 15) is 13.2 Å². The van der Waals surface area contributed by atoms with E-state index in [1.807, 2.05) is 24.3 Å². The second-order valence-corrected chi connectivity index (χ2v) is 8.98. The van der Waals surface area contributed by atoms with Crippen LogP contribution in [0.4, 0.5) is 5.69 Å². The molecule has 0 aromatic heterocycles. The molecule has 4 rings (SSSR count). The fourth-order valence-corrected chi connectivity index (χ4v) is 4.52. The molecule has 0 bridgehead atoms. The Morgan fingerprint density at radius 1 is 0.968 bits per heavy atom. The van der Waals surface area contributed by atoms with E-state index < -0.39 is 15.9 Å². The third-order valence-electron chi connectivity index (χ3n) is 4.95. The number of nitrogens with one attached hydrogen (secondary N) is 1. The molecule has 1 amide bonds. The summed E-state index contributed by atoms with van der Waals surface area (Å²) in [6.07, 6.45) is -0.350.